The van der Waals surface area contributed by atoms with Crippen molar-refractivity contribution in [3.8, 4) is 5.75 Å². The quantitative estimate of drug-likeness (QED) is 0.691. The zero-order valence-electron chi connectivity index (χ0n) is 15.8. The van der Waals surface area contributed by atoms with Crippen LogP contribution in [0.2, 0.25) is 0 Å². The van der Waals surface area contributed by atoms with E-state index in [-0.39, 0.29) is 0 Å². The summed E-state index contributed by atoms with van der Waals surface area (Å²) in [6.45, 7) is 3.56. The largest absolute Gasteiger partial charge is 0.489 e. The van der Waals surface area contributed by atoms with Crippen LogP contribution >= 0.6 is 11.3 Å². The number of thiazole rings is 1. The number of hydrogen-bond donors (Lipinski definition) is 1. The second-order valence-electron chi connectivity index (χ2n) is 6.84. The molecule has 1 aliphatic heterocycles. The van der Waals surface area contributed by atoms with Crippen LogP contribution in [-0.4, -0.2) is 34.5 Å². The normalized spacial score (nSPS) is 14.7. The number of rotatable bonds is 6. The maximum Gasteiger partial charge on any atom is 0.180 e. The summed E-state index contributed by atoms with van der Waals surface area (Å²) in [5.41, 5.74) is 9.27. The molecule has 0 bridgehead atoms. The van der Waals surface area contributed by atoms with Gasteiger partial charge in [-0.15, -0.1) is 11.3 Å². The van der Waals surface area contributed by atoms with Gasteiger partial charge in [0.25, 0.3) is 0 Å². The van der Waals surface area contributed by atoms with Crippen molar-refractivity contribution in [1.29, 1.82) is 0 Å². The monoisotopic (exact) mass is 392 g/mol. The number of nitrogen functional groups attached to an aromatic ring is 1. The molecule has 4 rings (SSSR count). The number of anilines is 1. The van der Waals surface area contributed by atoms with Crippen molar-refractivity contribution in [2.24, 2.45) is 0 Å². The van der Waals surface area contributed by atoms with Crippen molar-refractivity contribution >= 4 is 22.5 Å². The van der Waals surface area contributed by atoms with Crippen molar-refractivity contribution < 1.29 is 4.74 Å². The minimum atomic E-state index is 0.548. The minimum absolute atomic E-state index is 0.548. The fourth-order valence-electron chi connectivity index (χ4n) is 3.30. The van der Waals surface area contributed by atoms with Crippen LogP contribution in [0.1, 0.15) is 21.7 Å². The highest BCUT2D eigenvalue weighted by Crippen LogP contribution is 2.24. The van der Waals surface area contributed by atoms with E-state index in [2.05, 4.69) is 39.2 Å². The number of benzene rings is 1. The first kappa shape index (κ1) is 18.7. The molecule has 0 fully saturated rings. The molecule has 6 heteroatoms. The number of nitrogens with zero attached hydrogens (tertiary/aromatic N) is 3. The molecule has 3 aromatic rings. The standard InChI is InChI=1S/C22H24N4OS/c23-22-25-20-8-13-26(14-9-21(20)28-22)12-2-4-17-3-1-5-19(15-17)27-16-18-6-10-24-11-7-18/h1-7,10-11,15H,8-9,12-14,16H2,(H2,23,25)/b4-2+. The van der Waals surface area contributed by atoms with Gasteiger partial charge in [-0.25, -0.2) is 4.98 Å². The first-order chi connectivity index (χ1) is 13.8. The van der Waals surface area contributed by atoms with Gasteiger partial charge in [-0.05, 0) is 41.8 Å². The lowest BCUT2D eigenvalue weighted by atomic mass is 10.2. The summed E-state index contributed by atoms with van der Waals surface area (Å²) in [5, 5.41) is 0.698. The SMILES string of the molecule is Nc1nc2c(s1)CCN(C/C=C/c1cccc(OCc3ccncc3)c1)CC2. The molecule has 0 saturated carbocycles. The number of nitrogens with two attached hydrogens (primary N) is 1. The van der Waals surface area contributed by atoms with Crippen LogP contribution in [0.5, 0.6) is 5.75 Å². The molecule has 144 valence electrons. The Morgan fingerprint density at radius 3 is 2.89 bits per heavy atom. The molecule has 1 aliphatic rings. The lowest BCUT2D eigenvalue weighted by molar-refractivity contribution is 0.306. The molecular weight excluding hydrogens is 368 g/mol. The fourth-order valence-corrected chi connectivity index (χ4v) is 4.17. The molecule has 0 amide bonds. The Morgan fingerprint density at radius 1 is 1.14 bits per heavy atom. The van der Waals surface area contributed by atoms with Crippen LogP contribution in [0.4, 0.5) is 5.13 Å². The zero-order valence-corrected chi connectivity index (χ0v) is 16.6. The molecule has 5 nitrogen and oxygen atoms in total. The first-order valence-corrected chi connectivity index (χ1v) is 10.3. The topological polar surface area (TPSA) is 64.3 Å². The number of fused-ring (bicyclic) bond motifs is 1. The van der Waals surface area contributed by atoms with Gasteiger partial charge < -0.3 is 10.5 Å². The van der Waals surface area contributed by atoms with Crippen molar-refractivity contribution in [1.82, 2.24) is 14.9 Å². The van der Waals surface area contributed by atoms with E-state index in [1.807, 2.05) is 24.3 Å². The Bertz CT molecular complexity index is 913. The number of hydrogen-bond acceptors (Lipinski definition) is 6. The number of ether oxygens (including phenoxy) is 1. The lowest BCUT2D eigenvalue weighted by Gasteiger charge is -2.17. The highest BCUT2D eigenvalue weighted by atomic mass is 32.1. The van der Waals surface area contributed by atoms with Gasteiger partial charge in [-0.1, -0.05) is 24.3 Å². The van der Waals surface area contributed by atoms with Gasteiger partial charge in [0.05, 0.1) is 5.69 Å². The van der Waals surface area contributed by atoms with E-state index in [9.17, 15) is 0 Å². The Balaban J connectivity index is 1.29. The van der Waals surface area contributed by atoms with Crippen molar-refractivity contribution in [3.63, 3.8) is 0 Å². The molecule has 1 aromatic carbocycles. The molecule has 0 radical (unpaired) electrons. The Hall–Kier alpha value is -2.70. The van der Waals surface area contributed by atoms with Crippen LogP contribution in [0.25, 0.3) is 6.08 Å². The molecule has 0 atom stereocenters. The van der Waals surface area contributed by atoms with Crippen LogP contribution in [0.3, 0.4) is 0 Å². The molecule has 2 N–H and O–H groups in total. The van der Waals surface area contributed by atoms with Crippen LogP contribution in [0.15, 0.2) is 54.9 Å². The highest BCUT2D eigenvalue weighted by molar-refractivity contribution is 7.15. The molecule has 2 aromatic heterocycles. The Labute approximate surface area is 169 Å². The molecule has 0 saturated heterocycles. The van der Waals surface area contributed by atoms with Gasteiger partial charge in [-0.3, -0.25) is 9.88 Å². The highest BCUT2D eigenvalue weighted by Gasteiger charge is 2.16. The second kappa shape index (κ2) is 8.99. The van der Waals surface area contributed by atoms with Gasteiger partial charge in [0.15, 0.2) is 5.13 Å². The lowest BCUT2D eigenvalue weighted by Crippen LogP contribution is -2.26. The molecular formula is C22H24N4OS. The summed E-state index contributed by atoms with van der Waals surface area (Å²) < 4.78 is 5.89. The third-order valence-corrected chi connectivity index (χ3v) is 5.79. The fraction of sp³-hybridized carbons (Fsp3) is 0.273. The van der Waals surface area contributed by atoms with E-state index < -0.39 is 0 Å². The Kier molecular flexibility index (Phi) is 5.99. The van der Waals surface area contributed by atoms with Crippen LogP contribution in [0, 0.1) is 0 Å². The van der Waals surface area contributed by atoms with Crippen molar-refractivity contribution in [2.45, 2.75) is 19.4 Å². The average Bonchev–Trinajstić information content (AvgIpc) is 2.98. The predicted molar refractivity (Wildman–Crippen MR) is 114 cm³/mol. The van der Waals surface area contributed by atoms with E-state index in [0.717, 1.165) is 49.4 Å². The van der Waals surface area contributed by atoms with E-state index in [0.29, 0.717) is 11.7 Å². The van der Waals surface area contributed by atoms with Crippen LogP contribution in [-0.2, 0) is 19.4 Å². The summed E-state index contributed by atoms with van der Waals surface area (Å²) in [7, 11) is 0. The van der Waals surface area contributed by atoms with E-state index in [1.165, 1.54) is 10.6 Å². The summed E-state index contributed by atoms with van der Waals surface area (Å²) >= 11 is 1.64. The number of pyridine rings is 1. The van der Waals surface area contributed by atoms with E-state index >= 15 is 0 Å². The number of aromatic nitrogens is 2. The summed E-state index contributed by atoms with van der Waals surface area (Å²) in [4.78, 5) is 12.3. The molecule has 0 unspecified atom stereocenters. The second-order valence-corrected chi connectivity index (χ2v) is 7.96. The van der Waals surface area contributed by atoms with Crippen LogP contribution < -0.4 is 10.5 Å². The molecule has 3 heterocycles. The minimum Gasteiger partial charge on any atom is -0.489 e. The van der Waals surface area contributed by atoms with E-state index in [4.69, 9.17) is 10.5 Å². The Morgan fingerprint density at radius 2 is 2.00 bits per heavy atom. The smallest absolute Gasteiger partial charge is 0.180 e. The molecule has 28 heavy (non-hydrogen) atoms. The van der Waals surface area contributed by atoms with Gasteiger partial charge in [-0.2, -0.15) is 0 Å². The summed E-state index contributed by atoms with van der Waals surface area (Å²) in [6.07, 6.45) is 9.97. The molecule has 0 aliphatic carbocycles. The third kappa shape index (κ3) is 4.97. The maximum absolute atomic E-state index is 5.89. The zero-order chi connectivity index (χ0) is 19.2. The van der Waals surface area contributed by atoms with Crippen molar-refractivity contribution in [2.75, 3.05) is 25.4 Å². The van der Waals surface area contributed by atoms with Crippen molar-refractivity contribution in [3.05, 3.63) is 76.6 Å². The van der Waals surface area contributed by atoms with Gasteiger partial charge in [0.1, 0.15) is 12.4 Å². The summed E-state index contributed by atoms with van der Waals surface area (Å²) in [6, 6.07) is 12.1. The van der Waals surface area contributed by atoms with Gasteiger partial charge in [0, 0.05) is 43.3 Å². The molecule has 0 spiro atoms. The average molecular weight is 393 g/mol. The van der Waals surface area contributed by atoms with Gasteiger partial charge >= 0.3 is 0 Å². The predicted octanol–water partition coefficient (Wildman–Crippen LogP) is 3.81. The maximum atomic E-state index is 5.89. The first-order valence-electron chi connectivity index (χ1n) is 9.51. The summed E-state index contributed by atoms with van der Waals surface area (Å²) in [5.74, 6) is 0.877. The third-order valence-electron chi connectivity index (χ3n) is 4.80. The van der Waals surface area contributed by atoms with E-state index in [1.54, 1.807) is 23.7 Å². The van der Waals surface area contributed by atoms with Gasteiger partial charge in [0.2, 0.25) is 0 Å².